The molecule has 1 aromatic rings. The lowest BCUT2D eigenvalue weighted by Gasteiger charge is -2.13. The van der Waals surface area contributed by atoms with Crippen molar-refractivity contribution in [3.63, 3.8) is 0 Å². The highest BCUT2D eigenvalue weighted by Crippen LogP contribution is 2.25. The van der Waals surface area contributed by atoms with Crippen LogP contribution >= 0.6 is 0 Å². The lowest BCUT2D eigenvalue weighted by molar-refractivity contribution is 0.0333. The molecule has 1 aliphatic heterocycles. The highest BCUT2D eigenvalue weighted by Gasteiger charge is 2.20. The molecule has 0 saturated carbocycles. The first-order chi connectivity index (χ1) is 7.92. The number of ether oxygens (including phenoxy) is 1. The topological polar surface area (TPSA) is 21.3 Å². The molecular weight excluding hydrogens is 198 g/mol. The first-order valence-corrected chi connectivity index (χ1v) is 6.34. The van der Waals surface area contributed by atoms with Crippen LogP contribution < -0.4 is 5.32 Å². The van der Waals surface area contributed by atoms with E-state index in [1.54, 1.807) is 0 Å². The number of nitrogens with one attached hydrogen (secondary N) is 1. The van der Waals surface area contributed by atoms with Gasteiger partial charge in [-0.2, -0.15) is 0 Å². The fourth-order valence-corrected chi connectivity index (χ4v) is 2.14. The maximum atomic E-state index is 5.86. The molecule has 1 atom stereocenters. The number of hydrogen-bond donors (Lipinski definition) is 1. The Bertz CT molecular complexity index is 324. The third-order valence-corrected chi connectivity index (χ3v) is 3.10. The summed E-state index contributed by atoms with van der Waals surface area (Å²) in [7, 11) is 0. The summed E-state index contributed by atoms with van der Waals surface area (Å²) >= 11 is 0. The molecule has 1 unspecified atom stereocenters. The van der Waals surface area contributed by atoms with Crippen molar-refractivity contribution in [3.8, 4) is 0 Å². The predicted molar refractivity (Wildman–Crippen MR) is 66.1 cm³/mol. The Kier molecular flexibility index (Phi) is 4.37. The molecule has 0 fully saturated rings. The van der Waals surface area contributed by atoms with Crippen LogP contribution in [0.2, 0.25) is 0 Å². The average molecular weight is 219 g/mol. The molecule has 1 aliphatic rings. The third-order valence-electron chi connectivity index (χ3n) is 3.10. The van der Waals surface area contributed by atoms with Crippen LogP contribution in [0.3, 0.4) is 0 Å². The van der Waals surface area contributed by atoms with Gasteiger partial charge in [0, 0.05) is 13.2 Å². The minimum Gasteiger partial charge on any atom is -0.359 e. The maximum absolute atomic E-state index is 5.86. The Labute approximate surface area is 98.0 Å². The van der Waals surface area contributed by atoms with E-state index in [0.717, 1.165) is 13.2 Å². The van der Waals surface area contributed by atoms with Crippen molar-refractivity contribution in [3.05, 3.63) is 35.4 Å². The van der Waals surface area contributed by atoms with E-state index in [1.807, 2.05) is 0 Å². The molecule has 0 radical (unpaired) electrons. The summed E-state index contributed by atoms with van der Waals surface area (Å²) in [6.45, 7) is 4.04. The van der Waals surface area contributed by atoms with Gasteiger partial charge in [0.2, 0.25) is 0 Å². The van der Waals surface area contributed by atoms with Gasteiger partial charge in [0.25, 0.3) is 0 Å². The zero-order valence-corrected chi connectivity index (χ0v) is 10.0. The molecule has 0 spiro atoms. The fourth-order valence-electron chi connectivity index (χ4n) is 2.14. The second-order valence-electron chi connectivity index (χ2n) is 4.39. The van der Waals surface area contributed by atoms with E-state index in [-0.39, 0.29) is 6.23 Å². The van der Waals surface area contributed by atoms with E-state index >= 15 is 0 Å². The Morgan fingerprint density at radius 2 is 2.12 bits per heavy atom. The molecule has 0 bridgehead atoms. The van der Waals surface area contributed by atoms with Crippen molar-refractivity contribution in [2.75, 3.05) is 6.61 Å². The number of rotatable bonds is 6. The molecule has 2 heteroatoms. The van der Waals surface area contributed by atoms with E-state index < -0.39 is 0 Å². The van der Waals surface area contributed by atoms with E-state index in [1.165, 1.54) is 36.8 Å². The van der Waals surface area contributed by atoms with Gasteiger partial charge in [0.15, 0.2) is 0 Å². The maximum Gasteiger partial charge on any atom is 0.134 e. The smallest absolute Gasteiger partial charge is 0.134 e. The minimum atomic E-state index is 0.123. The number of hydrogen-bond acceptors (Lipinski definition) is 2. The average Bonchev–Trinajstić information content (AvgIpc) is 2.73. The minimum absolute atomic E-state index is 0.123. The molecule has 0 aromatic heterocycles. The van der Waals surface area contributed by atoms with Crippen LogP contribution in [0.5, 0.6) is 0 Å². The summed E-state index contributed by atoms with van der Waals surface area (Å²) in [5.41, 5.74) is 2.69. The zero-order chi connectivity index (χ0) is 11.2. The van der Waals surface area contributed by atoms with Gasteiger partial charge in [-0.25, -0.2) is 0 Å². The van der Waals surface area contributed by atoms with E-state index in [4.69, 9.17) is 4.74 Å². The molecule has 0 saturated heterocycles. The van der Waals surface area contributed by atoms with Gasteiger partial charge in [-0.05, 0) is 17.5 Å². The van der Waals surface area contributed by atoms with Gasteiger partial charge in [-0.15, -0.1) is 0 Å². The van der Waals surface area contributed by atoms with Crippen molar-refractivity contribution in [1.82, 2.24) is 5.32 Å². The normalized spacial score (nSPS) is 18.7. The molecule has 0 aliphatic carbocycles. The summed E-state index contributed by atoms with van der Waals surface area (Å²) in [6.07, 6.45) is 5.18. The number of fused-ring (bicyclic) bond motifs is 1. The highest BCUT2D eigenvalue weighted by molar-refractivity contribution is 5.32. The molecule has 0 amide bonds. The lowest BCUT2D eigenvalue weighted by Crippen LogP contribution is -2.16. The highest BCUT2D eigenvalue weighted by atomic mass is 16.5. The fraction of sp³-hybridized carbons (Fsp3) is 0.571. The number of unbranched alkanes of at least 4 members (excludes halogenated alkanes) is 3. The molecule has 1 aromatic carbocycles. The Morgan fingerprint density at radius 3 is 3.00 bits per heavy atom. The summed E-state index contributed by atoms with van der Waals surface area (Å²) < 4.78 is 5.86. The Balaban J connectivity index is 1.76. The van der Waals surface area contributed by atoms with Gasteiger partial charge in [-0.3, -0.25) is 5.32 Å². The van der Waals surface area contributed by atoms with E-state index in [0.29, 0.717) is 0 Å². The summed E-state index contributed by atoms with van der Waals surface area (Å²) in [5, 5.41) is 3.39. The molecule has 16 heavy (non-hydrogen) atoms. The van der Waals surface area contributed by atoms with Crippen molar-refractivity contribution in [1.29, 1.82) is 0 Å². The Hall–Kier alpha value is -0.860. The van der Waals surface area contributed by atoms with Gasteiger partial charge in [0.1, 0.15) is 6.23 Å². The van der Waals surface area contributed by atoms with Gasteiger partial charge in [0.05, 0.1) is 0 Å². The summed E-state index contributed by atoms with van der Waals surface area (Å²) in [4.78, 5) is 0. The SMILES string of the molecule is CCCCCCOC1NCc2ccccc21. The van der Waals surface area contributed by atoms with Gasteiger partial charge in [-0.1, -0.05) is 50.5 Å². The standard InChI is InChI=1S/C14H21NO/c1-2-3-4-7-10-16-14-13-9-6-5-8-12(13)11-15-14/h5-6,8-9,14-15H,2-4,7,10-11H2,1H3. The largest absolute Gasteiger partial charge is 0.359 e. The van der Waals surface area contributed by atoms with Crippen LogP contribution in [0, 0.1) is 0 Å². The van der Waals surface area contributed by atoms with Crippen molar-refractivity contribution in [2.45, 2.75) is 45.4 Å². The number of benzene rings is 1. The molecule has 1 heterocycles. The van der Waals surface area contributed by atoms with Crippen LogP contribution in [0.1, 0.15) is 50.0 Å². The Morgan fingerprint density at radius 1 is 1.25 bits per heavy atom. The van der Waals surface area contributed by atoms with Crippen LogP contribution in [-0.2, 0) is 11.3 Å². The van der Waals surface area contributed by atoms with Crippen LogP contribution in [0.15, 0.2) is 24.3 Å². The summed E-state index contributed by atoms with van der Waals surface area (Å²) in [5.74, 6) is 0. The third kappa shape index (κ3) is 2.83. The van der Waals surface area contributed by atoms with Crippen LogP contribution in [0.4, 0.5) is 0 Å². The molecule has 2 nitrogen and oxygen atoms in total. The first kappa shape index (κ1) is 11.6. The first-order valence-electron chi connectivity index (χ1n) is 6.34. The van der Waals surface area contributed by atoms with Gasteiger partial charge >= 0.3 is 0 Å². The zero-order valence-electron chi connectivity index (χ0n) is 10.0. The van der Waals surface area contributed by atoms with Gasteiger partial charge < -0.3 is 4.74 Å². The van der Waals surface area contributed by atoms with Crippen molar-refractivity contribution in [2.24, 2.45) is 0 Å². The summed E-state index contributed by atoms with van der Waals surface area (Å²) in [6, 6.07) is 8.50. The van der Waals surface area contributed by atoms with E-state index in [9.17, 15) is 0 Å². The lowest BCUT2D eigenvalue weighted by atomic mass is 10.1. The molecule has 88 valence electrons. The predicted octanol–water partition coefficient (Wildman–Crippen LogP) is 3.39. The molecule has 2 rings (SSSR count). The monoisotopic (exact) mass is 219 g/mol. The van der Waals surface area contributed by atoms with Crippen molar-refractivity contribution < 1.29 is 4.74 Å². The van der Waals surface area contributed by atoms with E-state index in [2.05, 4.69) is 36.5 Å². The van der Waals surface area contributed by atoms with Crippen LogP contribution in [0.25, 0.3) is 0 Å². The second kappa shape index (κ2) is 6.02. The molecular formula is C14H21NO. The second-order valence-corrected chi connectivity index (χ2v) is 4.39. The molecule has 1 N–H and O–H groups in total. The van der Waals surface area contributed by atoms with Crippen molar-refractivity contribution >= 4 is 0 Å². The van der Waals surface area contributed by atoms with Crippen LogP contribution in [-0.4, -0.2) is 6.61 Å². The quantitative estimate of drug-likeness (QED) is 0.740.